The van der Waals surface area contributed by atoms with Crippen LogP contribution in [-0.4, -0.2) is 23.7 Å². The molecule has 0 saturated carbocycles. The molecule has 8 nitrogen and oxygen atoms in total. The van der Waals surface area contributed by atoms with Crippen molar-refractivity contribution in [3.05, 3.63) is 96.1 Å². The summed E-state index contributed by atoms with van der Waals surface area (Å²) in [7, 11) is 0. The number of nitro groups is 1. The van der Waals surface area contributed by atoms with E-state index in [1.807, 2.05) is 31.2 Å². The first-order chi connectivity index (χ1) is 16.4. The van der Waals surface area contributed by atoms with Gasteiger partial charge in [0, 0.05) is 22.2 Å². The summed E-state index contributed by atoms with van der Waals surface area (Å²) in [5.74, 6) is 0.652. The molecule has 0 radical (unpaired) electrons. The molecule has 3 aromatic rings. The lowest BCUT2D eigenvalue weighted by molar-refractivity contribution is -0.385. The first kappa shape index (κ1) is 25.4. The zero-order valence-electron chi connectivity index (χ0n) is 18.2. The third-order valence-corrected chi connectivity index (χ3v) is 5.77. The van der Waals surface area contributed by atoms with Gasteiger partial charge in [-0.2, -0.15) is 5.10 Å². The van der Waals surface area contributed by atoms with E-state index in [0.29, 0.717) is 34.3 Å². The molecule has 0 fully saturated rings. The Hall–Kier alpha value is -3.18. The van der Waals surface area contributed by atoms with E-state index >= 15 is 0 Å². The van der Waals surface area contributed by atoms with Crippen LogP contribution < -0.4 is 14.9 Å². The molecule has 0 unspecified atom stereocenters. The number of hydrogen-bond donors (Lipinski definition) is 1. The second-order valence-electron chi connectivity index (χ2n) is 7.00. The van der Waals surface area contributed by atoms with Crippen LogP contribution in [0.1, 0.15) is 23.6 Å². The highest BCUT2D eigenvalue weighted by Crippen LogP contribution is 2.35. The Balaban J connectivity index is 1.69. The molecule has 176 valence electrons. The Morgan fingerprint density at radius 1 is 1.15 bits per heavy atom. The normalized spacial score (nSPS) is 10.8. The number of carbonyl (C=O) groups is 1. The molecule has 0 spiro atoms. The smallest absolute Gasteiger partial charge is 0.273 e. The maximum atomic E-state index is 12.2. The summed E-state index contributed by atoms with van der Waals surface area (Å²) in [4.78, 5) is 22.8. The summed E-state index contributed by atoms with van der Waals surface area (Å²) in [6.45, 7) is 2.59. The number of para-hydroxylation sites is 1. The predicted molar refractivity (Wildman–Crippen MR) is 139 cm³/mol. The third kappa shape index (κ3) is 6.91. The number of amides is 1. The van der Waals surface area contributed by atoms with E-state index < -0.39 is 10.8 Å². The lowest BCUT2D eigenvalue weighted by Crippen LogP contribution is -2.20. The molecular weight excluding hydrogens is 573 g/mol. The lowest BCUT2D eigenvalue weighted by atomic mass is 10.1. The number of hydrazone groups is 1. The van der Waals surface area contributed by atoms with Crippen molar-refractivity contribution in [2.24, 2.45) is 5.10 Å². The first-order valence-electron chi connectivity index (χ1n) is 10.3. The quantitative estimate of drug-likeness (QED) is 0.144. The fourth-order valence-electron chi connectivity index (χ4n) is 3.06. The van der Waals surface area contributed by atoms with Crippen molar-refractivity contribution in [2.45, 2.75) is 20.0 Å². The van der Waals surface area contributed by atoms with Gasteiger partial charge in [0.05, 0.1) is 27.7 Å². The molecule has 0 heterocycles. The van der Waals surface area contributed by atoms with Gasteiger partial charge in [-0.25, -0.2) is 5.43 Å². The molecule has 10 heteroatoms. The molecule has 1 N–H and O–H groups in total. The molecular formula is C24H21ClIN3O5. The zero-order chi connectivity index (χ0) is 24.5. The molecule has 0 bridgehead atoms. The van der Waals surface area contributed by atoms with Gasteiger partial charge in [0.25, 0.3) is 5.69 Å². The number of nitro benzene ring substituents is 1. The lowest BCUT2D eigenvalue weighted by Gasteiger charge is -2.15. The van der Waals surface area contributed by atoms with Crippen LogP contribution in [0.3, 0.4) is 0 Å². The van der Waals surface area contributed by atoms with E-state index in [9.17, 15) is 14.9 Å². The van der Waals surface area contributed by atoms with Crippen LogP contribution >= 0.6 is 34.2 Å². The van der Waals surface area contributed by atoms with Crippen LogP contribution in [0.4, 0.5) is 5.69 Å². The number of carbonyl (C=O) groups excluding carboxylic acids is 1. The van der Waals surface area contributed by atoms with E-state index in [1.54, 1.807) is 30.3 Å². The van der Waals surface area contributed by atoms with Crippen LogP contribution in [0.25, 0.3) is 0 Å². The van der Waals surface area contributed by atoms with Crippen molar-refractivity contribution in [2.75, 3.05) is 6.61 Å². The fourth-order valence-corrected chi connectivity index (χ4v) is 4.03. The van der Waals surface area contributed by atoms with Gasteiger partial charge in [-0.15, -0.1) is 0 Å². The number of nitrogens with one attached hydrogen (secondary N) is 1. The molecule has 3 aromatic carbocycles. The summed E-state index contributed by atoms with van der Waals surface area (Å²) in [6, 6.07) is 17.1. The summed E-state index contributed by atoms with van der Waals surface area (Å²) in [6.07, 6.45) is 1.31. The van der Waals surface area contributed by atoms with Crippen molar-refractivity contribution in [3.63, 3.8) is 0 Å². The average Bonchev–Trinajstić information content (AvgIpc) is 2.80. The van der Waals surface area contributed by atoms with E-state index in [-0.39, 0.29) is 18.7 Å². The molecule has 0 aliphatic heterocycles. The van der Waals surface area contributed by atoms with E-state index in [1.165, 1.54) is 12.3 Å². The minimum Gasteiger partial charge on any atom is -0.490 e. The van der Waals surface area contributed by atoms with Crippen molar-refractivity contribution in [1.29, 1.82) is 0 Å². The highest BCUT2D eigenvalue weighted by Gasteiger charge is 2.16. The van der Waals surface area contributed by atoms with E-state index in [4.69, 9.17) is 21.1 Å². The average molecular weight is 594 g/mol. The molecule has 3 rings (SSSR count). The minimum absolute atomic E-state index is 0.107. The monoisotopic (exact) mass is 593 g/mol. The second-order valence-corrected chi connectivity index (χ2v) is 8.57. The molecule has 0 aliphatic rings. The van der Waals surface area contributed by atoms with Gasteiger partial charge >= 0.3 is 0 Å². The SMILES string of the molecule is CCOc1cc(/C=N/NC(=O)Cc2ccccc2[N+](=O)[O-])cc(I)c1OCc1ccccc1Cl. The van der Waals surface area contributed by atoms with Crippen molar-refractivity contribution in [1.82, 2.24) is 5.43 Å². The number of nitrogens with zero attached hydrogens (tertiary/aromatic N) is 2. The Morgan fingerprint density at radius 3 is 2.56 bits per heavy atom. The highest BCUT2D eigenvalue weighted by molar-refractivity contribution is 14.1. The first-order valence-corrected chi connectivity index (χ1v) is 11.7. The predicted octanol–water partition coefficient (Wildman–Crippen LogP) is 5.52. The second kappa shape index (κ2) is 12.3. The maximum Gasteiger partial charge on any atom is 0.273 e. The van der Waals surface area contributed by atoms with Gasteiger partial charge < -0.3 is 9.47 Å². The molecule has 0 saturated heterocycles. The molecule has 0 atom stereocenters. The molecule has 0 aliphatic carbocycles. The molecule has 34 heavy (non-hydrogen) atoms. The van der Waals surface area contributed by atoms with Crippen LogP contribution in [0, 0.1) is 13.7 Å². The number of ether oxygens (including phenoxy) is 2. The summed E-state index contributed by atoms with van der Waals surface area (Å²) in [5.41, 5.74) is 4.15. The largest absolute Gasteiger partial charge is 0.490 e. The van der Waals surface area contributed by atoms with Gasteiger partial charge in [-0.05, 0) is 53.3 Å². The summed E-state index contributed by atoms with van der Waals surface area (Å²) >= 11 is 8.36. The Labute approximate surface area is 215 Å². The molecule has 1 amide bonds. The van der Waals surface area contributed by atoms with Crippen LogP contribution in [-0.2, 0) is 17.8 Å². The number of hydrogen-bond acceptors (Lipinski definition) is 6. The van der Waals surface area contributed by atoms with Crippen molar-refractivity contribution >= 4 is 52.0 Å². The van der Waals surface area contributed by atoms with Gasteiger partial charge in [-0.3, -0.25) is 14.9 Å². The van der Waals surface area contributed by atoms with Crippen molar-refractivity contribution in [3.8, 4) is 11.5 Å². The van der Waals surface area contributed by atoms with E-state index in [0.717, 1.165) is 9.13 Å². The van der Waals surface area contributed by atoms with Gasteiger partial charge in [-0.1, -0.05) is 48.0 Å². The van der Waals surface area contributed by atoms with Crippen LogP contribution in [0.5, 0.6) is 11.5 Å². The standard InChI is InChI=1S/C24H21ClIN3O5/c1-2-33-22-12-16(11-20(26)24(22)34-15-18-8-3-5-9-19(18)25)14-27-28-23(30)13-17-7-4-6-10-21(17)29(31)32/h3-12,14H,2,13,15H2,1H3,(H,28,30)/b27-14+. The highest BCUT2D eigenvalue weighted by atomic mass is 127. The Bertz CT molecular complexity index is 1220. The number of rotatable bonds is 10. The number of benzene rings is 3. The van der Waals surface area contributed by atoms with Gasteiger partial charge in [0.1, 0.15) is 6.61 Å². The van der Waals surface area contributed by atoms with Crippen molar-refractivity contribution < 1.29 is 19.2 Å². The number of halogens is 2. The van der Waals surface area contributed by atoms with Gasteiger partial charge in [0.2, 0.25) is 5.91 Å². The Kier molecular flexibility index (Phi) is 9.23. The minimum atomic E-state index is -0.515. The topological polar surface area (TPSA) is 103 Å². The third-order valence-electron chi connectivity index (χ3n) is 4.60. The van der Waals surface area contributed by atoms with Crippen LogP contribution in [0.15, 0.2) is 65.8 Å². The summed E-state index contributed by atoms with van der Waals surface area (Å²) in [5, 5.41) is 15.7. The van der Waals surface area contributed by atoms with Crippen LogP contribution in [0.2, 0.25) is 5.02 Å². The fraction of sp³-hybridized carbons (Fsp3) is 0.167. The molecule has 0 aromatic heterocycles. The Morgan fingerprint density at radius 2 is 1.85 bits per heavy atom. The van der Waals surface area contributed by atoms with E-state index in [2.05, 4.69) is 33.1 Å². The summed E-state index contributed by atoms with van der Waals surface area (Å²) < 4.78 is 12.5. The zero-order valence-corrected chi connectivity index (χ0v) is 21.1. The van der Waals surface area contributed by atoms with Gasteiger partial charge in [0.15, 0.2) is 11.5 Å². The maximum absolute atomic E-state index is 12.2.